The molecule has 0 aliphatic carbocycles. The molecule has 0 aliphatic heterocycles. The summed E-state index contributed by atoms with van der Waals surface area (Å²) in [7, 11) is 1.28. The van der Waals surface area contributed by atoms with E-state index in [0.29, 0.717) is 5.02 Å². The third kappa shape index (κ3) is 4.54. The number of carboxylic acids is 1. The number of carbonyl (C=O) groups excluding carboxylic acids is 1. The fourth-order valence-electron chi connectivity index (χ4n) is 1.55. The summed E-state index contributed by atoms with van der Waals surface area (Å²) in [4.78, 5) is 22.6. The van der Waals surface area contributed by atoms with Gasteiger partial charge in [0.15, 0.2) is 6.10 Å². The average Bonchev–Trinajstić information content (AvgIpc) is 2.38. The van der Waals surface area contributed by atoms with Gasteiger partial charge in [-0.15, -0.1) is 0 Å². The summed E-state index contributed by atoms with van der Waals surface area (Å²) in [6.45, 7) is 1.65. The SMILES string of the molecule is COC(CNC(=O)C(C)c1cccc(Cl)c1)C(=O)O. The lowest BCUT2D eigenvalue weighted by Crippen LogP contribution is -2.39. The van der Waals surface area contributed by atoms with E-state index in [9.17, 15) is 9.59 Å². The summed E-state index contributed by atoms with van der Waals surface area (Å²) in [5, 5.41) is 11.9. The van der Waals surface area contributed by atoms with E-state index in [2.05, 4.69) is 5.32 Å². The smallest absolute Gasteiger partial charge is 0.334 e. The number of rotatable bonds is 6. The first-order valence-corrected chi connectivity index (χ1v) is 6.12. The number of benzene rings is 1. The van der Waals surface area contributed by atoms with E-state index in [1.807, 2.05) is 0 Å². The van der Waals surface area contributed by atoms with Gasteiger partial charge in [-0.2, -0.15) is 0 Å². The zero-order valence-electron chi connectivity index (χ0n) is 10.7. The van der Waals surface area contributed by atoms with Crippen molar-refractivity contribution in [1.82, 2.24) is 5.32 Å². The topological polar surface area (TPSA) is 75.6 Å². The Morgan fingerprint density at radius 2 is 2.16 bits per heavy atom. The molecular formula is C13H16ClNO4. The van der Waals surface area contributed by atoms with Gasteiger partial charge in [0, 0.05) is 12.1 Å². The molecule has 0 saturated carbocycles. The third-order valence-electron chi connectivity index (χ3n) is 2.76. The van der Waals surface area contributed by atoms with Gasteiger partial charge in [-0.3, -0.25) is 4.79 Å². The lowest BCUT2D eigenvalue weighted by atomic mass is 10.0. The molecule has 19 heavy (non-hydrogen) atoms. The quantitative estimate of drug-likeness (QED) is 0.833. The number of carbonyl (C=O) groups is 2. The molecule has 2 N–H and O–H groups in total. The van der Waals surface area contributed by atoms with Crippen LogP contribution in [0.1, 0.15) is 18.4 Å². The van der Waals surface area contributed by atoms with Gasteiger partial charge >= 0.3 is 5.97 Å². The lowest BCUT2D eigenvalue weighted by Gasteiger charge is -2.15. The lowest BCUT2D eigenvalue weighted by molar-refractivity contribution is -0.148. The van der Waals surface area contributed by atoms with Crippen LogP contribution in [0.25, 0.3) is 0 Å². The first-order valence-electron chi connectivity index (χ1n) is 5.74. The van der Waals surface area contributed by atoms with E-state index >= 15 is 0 Å². The Labute approximate surface area is 116 Å². The van der Waals surface area contributed by atoms with Gasteiger partial charge in [-0.1, -0.05) is 23.7 Å². The monoisotopic (exact) mass is 285 g/mol. The summed E-state index contributed by atoms with van der Waals surface area (Å²) >= 11 is 5.86. The van der Waals surface area contributed by atoms with Crippen molar-refractivity contribution in [3.05, 3.63) is 34.9 Å². The zero-order chi connectivity index (χ0) is 14.4. The number of carboxylic acid groups (broad SMARTS) is 1. The maximum atomic E-state index is 11.9. The molecule has 5 nitrogen and oxygen atoms in total. The van der Waals surface area contributed by atoms with Crippen molar-refractivity contribution in [3.8, 4) is 0 Å². The number of nitrogens with one attached hydrogen (secondary N) is 1. The van der Waals surface area contributed by atoms with Gasteiger partial charge in [-0.25, -0.2) is 4.79 Å². The molecule has 0 aromatic heterocycles. The van der Waals surface area contributed by atoms with Crippen LogP contribution in [0.4, 0.5) is 0 Å². The minimum atomic E-state index is -1.11. The number of ether oxygens (including phenoxy) is 1. The molecule has 0 saturated heterocycles. The van der Waals surface area contributed by atoms with Crippen molar-refractivity contribution in [2.75, 3.05) is 13.7 Å². The summed E-state index contributed by atoms with van der Waals surface area (Å²) < 4.78 is 4.73. The highest BCUT2D eigenvalue weighted by atomic mass is 35.5. The summed E-state index contributed by atoms with van der Waals surface area (Å²) in [6, 6.07) is 6.98. The average molecular weight is 286 g/mol. The van der Waals surface area contributed by atoms with Crippen LogP contribution in [0.2, 0.25) is 5.02 Å². The summed E-state index contributed by atoms with van der Waals surface area (Å²) in [5.41, 5.74) is 0.772. The van der Waals surface area contributed by atoms with E-state index in [1.165, 1.54) is 7.11 Å². The highest BCUT2D eigenvalue weighted by Gasteiger charge is 2.20. The Morgan fingerprint density at radius 3 is 2.68 bits per heavy atom. The van der Waals surface area contributed by atoms with Crippen LogP contribution in [-0.2, 0) is 14.3 Å². The Morgan fingerprint density at radius 1 is 1.47 bits per heavy atom. The largest absolute Gasteiger partial charge is 0.479 e. The van der Waals surface area contributed by atoms with Crippen LogP contribution < -0.4 is 5.32 Å². The van der Waals surface area contributed by atoms with Crippen molar-refractivity contribution in [3.63, 3.8) is 0 Å². The number of methoxy groups -OCH3 is 1. The maximum absolute atomic E-state index is 11.9. The van der Waals surface area contributed by atoms with Crippen molar-refractivity contribution in [2.24, 2.45) is 0 Å². The number of hydrogen-bond donors (Lipinski definition) is 2. The molecule has 0 bridgehead atoms. The normalized spacial score (nSPS) is 13.6. The second-order valence-corrected chi connectivity index (χ2v) is 4.52. The van der Waals surface area contributed by atoms with Crippen LogP contribution in [0.5, 0.6) is 0 Å². The van der Waals surface area contributed by atoms with Gasteiger partial charge < -0.3 is 15.2 Å². The Balaban J connectivity index is 2.61. The second kappa shape index (κ2) is 7.11. The van der Waals surface area contributed by atoms with Crippen LogP contribution in [0, 0.1) is 0 Å². The van der Waals surface area contributed by atoms with E-state index in [-0.39, 0.29) is 12.5 Å². The molecule has 1 aromatic rings. The van der Waals surface area contributed by atoms with Crippen LogP contribution in [0.3, 0.4) is 0 Å². The molecule has 6 heteroatoms. The van der Waals surface area contributed by atoms with Crippen molar-refractivity contribution in [2.45, 2.75) is 18.9 Å². The van der Waals surface area contributed by atoms with Crippen molar-refractivity contribution < 1.29 is 19.4 Å². The Hall–Kier alpha value is -1.59. The van der Waals surface area contributed by atoms with Crippen molar-refractivity contribution in [1.29, 1.82) is 0 Å². The summed E-state index contributed by atoms with van der Waals surface area (Å²) in [6.07, 6.45) is -1.05. The van der Waals surface area contributed by atoms with Gasteiger partial charge in [0.2, 0.25) is 5.91 Å². The van der Waals surface area contributed by atoms with Crippen LogP contribution in [-0.4, -0.2) is 36.7 Å². The molecule has 2 atom stereocenters. The summed E-state index contributed by atoms with van der Waals surface area (Å²) in [5.74, 6) is -1.80. The fraction of sp³-hybridized carbons (Fsp3) is 0.385. The minimum absolute atomic E-state index is 0.0738. The molecule has 0 aliphatic rings. The molecule has 0 heterocycles. The van der Waals surface area contributed by atoms with Crippen molar-refractivity contribution >= 4 is 23.5 Å². The standard InChI is InChI=1S/C13H16ClNO4/c1-8(9-4-3-5-10(14)6-9)12(16)15-7-11(19-2)13(17)18/h3-6,8,11H,7H2,1-2H3,(H,15,16)(H,17,18). The van der Waals surface area contributed by atoms with E-state index < -0.39 is 18.0 Å². The molecule has 0 radical (unpaired) electrons. The van der Waals surface area contributed by atoms with E-state index in [4.69, 9.17) is 21.4 Å². The Kier molecular flexibility index (Phi) is 5.79. The van der Waals surface area contributed by atoms with Gasteiger partial charge in [0.05, 0.1) is 12.5 Å². The molecular weight excluding hydrogens is 270 g/mol. The Bertz CT molecular complexity index is 464. The highest BCUT2D eigenvalue weighted by molar-refractivity contribution is 6.30. The molecule has 0 spiro atoms. The first-order chi connectivity index (χ1) is 8.95. The second-order valence-electron chi connectivity index (χ2n) is 4.08. The number of hydrogen-bond acceptors (Lipinski definition) is 3. The predicted octanol–water partition coefficient (Wildman–Crippen LogP) is 1.66. The number of aliphatic carboxylic acids is 1. The fourth-order valence-corrected chi connectivity index (χ4v) is 1.74. The number of amides is 1. The molecule has 1 amide bonds. The highest BCUT2D eigenvalue weighted by Crippen LogP contribution is 2.19. The molecule has 2 unspecified atom stereocenters. The maximum Gasteiger partial charge on any atom is 0.334 e. The van der Waals surface area contributed by atoms with Crippen LogP contribution >= 0.6 is 11.6 Å². The van der Waals surface area contributed by atoms with Crippen LogP contribution in [0.15, 0.2) is 24.3 Å². The zero-order valence-corrected chi connectivity index (χ0v) is 11.5. The van der Waals surface area contributed by atoms with E-state index in [0.717, 1.165) is 5.56 Å². The molecule has 1 rings (SSSR count). The van der Waals surface area contributed by atoms with Gasteiger partial charge in [0.1, 0.15) is 0 Å². The number of halogens is 1. The molecule has 104 valence electrons. The van der Waals surface area contributed by atoms with Gasteiger partial charge in [0.25, 0.3) is 0 Å². The first kappa shape index (κ1) is 15.5. The molecule has 1 aromatic carbocycles. The third-order valence-corrected chi connectivity index (χ3v) is 3.00. The van der Waals surface area contributed by atoms with E-state index in [1.54, 1.807) is 31.2 Å². The molecule has 0 fully saturated rings. The van der Waals surface area contributed by atoms with Gasteiger partial charge in [-0.05, 0) is 24.6 Å². The minimum Gasteiger partial charge on any atom is -0.479 e. The predicted molar refractivity (Wildman–Crippen MR) is 71.3 cm³/mol.